The molecule has 0 aliphatic carbocycles. The highest BCUT2D eigenvalue weighted by molar-refractivity contribution is 7.80. The summed E-state index contributed by atoms with van der Waals surface area (Å²) in [4.78, 5) is 59.4. The number of carbonyl (C=O) groups is 5. The lowest BCUT2D eigenvalue weighted by Gasteiger charge is -2.26. The van der Waals surface area contributed by atoms with E-state index in [1.54, 1.807) is 13.8 Å². The van der Waals surface area contributed by atoms with E-state index >= 15 is 0 Å². The average Bonchev–Trinajstić information content (AvgIpc) is 2.70. The van der Waals surface area contributed by atoms with Crippen molar-refractivity contribution in [1.29, 1.82) is 0 Å². The Morgan fingerprint density at radius 2 is 1.43 bits per heavy atom. The number of rotatable bonds is 14. The van der Waals surface area contributed by atoms with Crippen LogP contribution in [0.2, 0.25) is 0 Å². The first kappa shape index (κ1) is 28.0. The van der Waals surface area contributed by atoms with Gasteiger partial charge in [-0.05, 0) is 12.3 Å². The summed E-state index contributed by atoms with van der Waals surface area (Å²) < 4.78 is 0. The molecule has 0 bridgehead atoms. The molecule has 0 spiro atoms. The van der Waals surface area contributed by atoms with Crippen molar-refractivity contribution >= 4 is 54.9 Å². The second-order valence-corrected chi connectivity index (χ2v) is 7.47. The maximum absolute atomic E-state index is 12.6. The van der Waals surface area contributed by atoms with Gasteiger partial charge in [0.15, 0.2) is 0 Å². The minimum atomic E-state index is -1.32. The molecule has 0 fully saturated rings. The van der Waals surface area contributed by atoms with Crippen LogP contribution in [-0.2, 0) is 24.0 Å². The fraction of sp³-hybridized carbons (Fsp3) is 0.706. The first-order valence-electron chi connectivity index (χ1n) is 9.31. The van der Waals surface area contributed by atoms with Crippen LogP contribution < -0.4 is 21.7 Å². The topological polar surface area (TPSA) is 188 Å². The van der Waals surface area contributed by atoms with Crippen molar-refractivity contribution in [2.75, 3.05) is 11.5 Å². The second-order valence-electron chi connectivity index (χ2n) is 6.74. The summed E-state index contributed by atoms with van der Waals surface area (Å²) in [5, 5.41) is 25.3. The molecule has 0 aromatic rings. The molecule has 3 amide bonds. The molecular formula is C17H30N4O7S2. The zero-order valence-corrected chi connectivity index (χ0v) is 18.6. The molecule has 0 heterocycles. The van der Waals surface area contributed by atoms with Crippen molar-refractivity contribution < 1.29 is 34.2 Å². The molecule has 0 saturated carbocycles. The lowest BCUT2D eigenvalue weighted by molar-refractivity contribution is -0.144. The number of carbonyl (C=O) groups excluding carboxylic acids is 3. The summed E-state index contributed by atoms with van der Waals surface area (Å²) >= 11 is 7.90. The van der Waals surface area contributed by atoms with E-state index in [4.69, 9.17) is 10.8 Å². The van der Waals surface area contributed by atoms with Crippen LogP contribution in [0.5, 0.6) is 0 Å². The number of amides is 3. The van der Waals surface area contributed by atoms with Gasteiger partial charge in [-0.25, -0.2) is 4.79 Å². The van der Waals surface area contributed by atoms with Gasteiger partial charge in [0, 0.05) is 17.9 Å². The van der Waals surface area contributed by atoms with Gasteiger partial charge in [0.25, 0.3) is 0 Å². The molecule has 0 rings (SSSR count). The standard InChI is InChI=1S/C17H30N4O7S2/c1-3-8(2)13(17(27)28)21-15(25)10(4-5-12(22)23)19-16(26)11(7-30)20-14(24)9(18)6-29/h8-11,13,29-30H,3-7,18H2,1-2H3,(H,19,26)(H,20,24)(H,21,25)(H,22,23)(H,27,28). The van der Waals surface area contributed by atoms with E-state index in [-0.39, 0.29) is 17.9 Å². The number of carboxylic acid groups (broad SMARTS) is 2. The first-order valence-corrected chi connectivity index (χ1v) is 10.6. The van der Waals surface area contributed by atoms with Gasteiger partial charge in [0.1, 0.15) is 18.1 Å². The molecule has 172 valence electrons. The predicted octanol–water partition coefficient (Wildman–Crippen LogP) is -1.38. The van der Waals surface area contributed by atoms with Crippen molar-refractivity contribution in [3.8, 4) is 0 Å². The van der Waals surface area contributed by atoms with Gasteiger partial charge in [0.2, 0.25) is 17.7 Å². The SMILES string of the molecule is CCC(C)C(NC(=O)C(CCC(=O)O)NC(=O)C(CS)NC(=O)C(N)CS)C(=O)O. The highest BCUT2D eigenvalue weighted by Crippen LogP contribution is 2.09. The van der Waals surface area contributed by atoms with Crippen LogP contribution in [-0.4, -0.2) is 75.5 Å². The minimum absolute atomic E-state index is 0.0442. The zero-order chi connectivity index (χ0) is 23.4. The van der Waals surface area contributed by atoms with Crippen molar-refractivity contribution in [1.82, 2.24) is 16.0 Å². The minimum Gasteiger partial charge on any atom is -0.481 e. The first-order chi connectivity index (χ1) is 14.0. The average molecular weight is 467 g/mol. The van der Waals surface area contributed by atoms with Crippen LogP contribution >= 0.6 is 25.3 Å². The van der Waals surface area contributed by atoms with E-state index < -0.39 is 66.2 Å². The normalized spacial score (nSPS) is 15.8. The van der Waals surface area contributed by atoms with E-state index in [9.17, 15) is 29.1 Å². The van der Waals surface area contributed by atoms with Gasteiger partial charge in [-0.2, -0.15) is 25.3 Å². The summed E-state index contributed by atoms with van der Waals surface area (Å²) in [5.74, 6) is -5.18. The molecule has 5 unspecified atom stereocenters. The zero-order valence-electron chi connectivity index (χ0n) is 16.8. The summed E-state index contributed by atoms with van der Waals surface area (Å²) in [6.45, 7) is 3.40. The van der Waals surface area contributed by atoms with Crippen molar-refractivity contribution in [2.45, 2.75) is 57.3 Å². The number of nitrogens with two attached hydrogens (primary N) is 1. The van der Waals surface area contributed by atoms with Crippen LogP contribution in [0.25, 0.3) is 0 Å². The van der Waals surface area contributed by atoms with Crippen molar-refractivity contribution in [3.05, 3.63) is 0 Å². The molecule has 11 nitrogen and oxygen atoms in total. The molecule has 0 aromatic carbocycles. The molecule has 13 heteroatoms. The van der Waals surface area contributed by atoms with E-state index in [0.29, 0.717) is 6.42 Å². The fourth-order valence-electron chi connectivity index (χ4n) is 2.30. The van der Waals surface area contributed by atoms with E-state index in [1.807, 2.05) is 0 Å². The predicted molar refractivity (Wildman–Crippen MR) is 115 cm³/mol. The Bertz CT molecular complexity index is 635. The number of thiol groups is 2. The Labute approximate surface area is 185 Å². The highest BCUT2D eigenvalue weighted by atomic mass is 32.1. The molecule has 0 radical (unpaired) electrons. The van der Waals surface area contributed by atoms with Crippen LogP contribution in [0.15, 0.2) is 0 Å². The Kier molecular flexibility index (Phi) is 13.2. The monoisotopic (exact) mass is 466 g/mol. The number of hydrogen-bond donors (Lipinski definition) is 8. The van der Waals surface area contributed by atoms with Gasteiger partial charge in [0.05, 0.1) is 6.04 Å². The summed E-state index contributed by atoms with van der Waals surface area (Å²) in [6, 6.07) is -4.63. The Morgan fingerprint density at radius 3 is 1.87 bits per heavy atom. The van der Waals surface area contributed by atoms with Gasteiger partial charge in [-0.1, -0.05) is 20.3 Å². The molecule has 0 aromatic heterocycles. The highest BCUT2D eigenvalue weighted by Gasteiger charge is 2.31. The summed E-state index contributed by atoms with van der Waals surface area (Å²) in [7, 11) is 0. The van der Waals surface area contributed by atoms with E-state index in [0.717, 1.165) is 0 Å². The molecule has 0 aliphatic rings. The Balaban J connectivity index is 5.37. The number of carboxylic acids is 2. The second kappa shape index (κ2) is 14.1. The van der Waals surface area contributed by atoms with E-state index in [2.05, 4.69) is 41.2 Å². The summed E-state index contributed by atoms with van der Waals surface area (Å²) in [6.07, 6.45) is -0.242. The van der Waals surface area contributed by atoms with E-state index in [1.165, 1.54) is 0 Å². The third kappa shape index (κ3) is 9.67. The smallest absolute Gasteiger partial charge is 0.326 e. The molecule has 0 saturated heterocycles. The summed E-state index contributed by atoms with van der Waals surface area (Å²) in [5.41, 5.74) is 5.54. The van der Waals surface area contributed by atoms with Crippen molar-refractivity contribution in [2.24, 2.45) is 11.7 Å². The molecule has 0 aliphatic heterocycles. The molecule has 30 heavy (non-hydrogen) atoms. The molecular weight excluding hydrogens is 436 g/mol. The third-order valence-corrected chi connectivity index (χ3v) is 5.16. The van der Waals surface area contributed by atoms with Gasteiger partial charge >= 0.3 is 11.9 Å². The Hall–Kier alpha value is -1.99. The quantitative estimate of drug-likeness (QED) is 0.144. The third-order valence-electron chi connectivity index (χ3n) is 4.41. The molecule has 5 atom stereocenters. The maximum Gasteiger partial charge on any atom is 0.326 e. The largest absolute Gasteiger partial charge is 0.481 e. The lowest BCUT2D eigenvalue weighted by atomic mass is 9.98. The Morgan fingerprint density at radius 1 is 0.900 bits per heavy atom. The number of nitrogens with one attached hydrogen (secondary N) is 3. The van der Waals surface area contributed by atoms with Crippen LogP contribution in [0, 0.1) is 5.92 Å². The molecule has 7 N–H and O–H groups in total. The van der Waals surface area contributed by atoms with Crippen LogP contribution in [0.1, 0.15) is 33.1 Å². The maximum atomic E-state index is 12.6. The lowest BCUT2D eigenvalue weighted by Crippen LogP contribution is -2.58. The van der Waals surface area contributed by atoms with Gasteiger partial charge < -0.3 is 31.9 Å². The van der Waals surface area contributed by atoms with Crippen LogP contribution in [0.4, 0.5) is 0 Å². The van der Waals surface area contributed by atoms with Gasteiger partial charge in [-0.3, -0.25) is 19.2 Å². The number of hydrogen-bond acceptors (Lipinski definition) is 8. The van der Waals surface area contributed by atoms with Crippen molar-refractivity contribution in [3.63, 3.8) is 0 Å². The van der Waals surface area contributed by atoms with Gasteiger partial charge in [-0.15, -0.1) is 0 Å². The fourth-order valence-corrected chi connectivity index (χ4v) is 2.72. The number of aliphatic carboxylic acids is 2. The van der Waals surface area contributed by atoms with Crippen LogP contribution in [0.3, 0.4) is 0 Å².